The van der Waals surface area contributed by atoms with Gasteiger partial charge in [-0.2, -0.15) is 0 Å². The van der Waals surface area contributed by atoms with Crippen LogP contribution in [0.5, 0.6) is 0 Å². The molecule has 3 heteroatoms. The number of carbonyl (C=O) groups excluding carboxylic acids is 1. The molecule has 1 fully saturated rings. The second-order valence-corrected chi connectivity index (χ2v) is 3.96. The molecule has 0 aromatic heterocycles. The summed E-state index contributed by atoms with van der Waals surface area (Å²) in [5.74, 6) is 0. The van der Waals surface area contributed by atoms with Crippen molar-refractivity contribution in [3.8, 4) is 0 Å². The minimum atomic E-state index is 0.767. The van der Waals surface area contributed by atoms with Gasteiger partial charge in [-0.25, -0.2) is 0 Å². The van der Waals surface area contributed by atoms with Gasteiger partial charge in [-0.15, -0.1) is 0 Å². The van der Waals surface area contributed by atoms with E-state index in [1.807, 2.05) is 19.1 Å². The van der Waals surface area contributed by atoms with E-state index >= 15 is 0 Å². The first-order valence-corrected chi connectivity index (χ1v) is 5.32. The van der Waals surface area contributed by atoms with Crippen LogP contribution in [0.15, 0.2) is 18.2 Å². The first-order valence-electron chi connectivity index (χ1n) is 5.32. The van der Waals surface area contributed by atoms with E-state index in [1.165, 1.54) is 5.69 Å². The number of hydrogen-bond acceptors (Lipinski definition) is 3. The van der Waals surface area contributed by atoms with E-state index in [4.69, 9.17) is 0 Å². The first-order chi connectivity index (χ1) is 7.29. The van der Waals surface area contributed by atoms with Crippen LogP contribution in [0.4, 0.5) is 5.69 Å². The zero-order valence-corrected chi connectivity index (χ0v) is 8.99. The van der Waals surface area contributed by atoms with E-state index in [9.17, 15) is 4.79 Å². The summed E-state index contributed by atoms with van der Waals surface area (Å²) in [5, 5.41) is 3.32. The van der Waals surface area contributed by atoms with Crippen molar-refractivity contribution in [3.63, 3.8) is 0 Å². The molecule has 0 spiro atoms. The lowest BCUT2D eigenvalue weighted by atomic mass is 10.1. The summed E-state index contributed by atoms with van der Waals surface area (Å²) in [6.07, 6.45) is 0.915. The summed E-state index contributed by atoms with van der Waals surface area (Å²) in [5.41, 5.74) is 3.08. The Morgan fingerprint density at radius 1 is 1.27 bits per heavy atom. The van der Waals surface area contributed by atoms with E-state index in [0.717, 1.165) is 43.6 Å². The van der Waals surface area contributed by atoms with Crippen molar-refractivity contribution in [3.05, 3.63) is 29.3 Å². The SMILES string of the molecule is Cc1cc(C=O)cc(N2CCNCC2)c1. The number of nitrogens with one attached hydrogen (secondary N) is 1. The maximum absolute atomic E-state index is 10.8. The number of aryl methyl sites for hydroxylation is 1. The van der Waals surface area contributed by atoms with Crippen LogP contribution in [0.2, 0.25) is 0 Å². The summed E-state index contributed by atoms with van der Waals surface area (Å²) in [6, 6.07) is 6.02. The highest BCUT2D eigenvalue weighted by Crippen LogP contribution is 2.18. The molecule has 0 unspecified atom stereocenters. The van der Waals surface area contributed by atoms with Gasteiger partial charge < -0.3 is 10.2 Å². The van der Waals surface area contributed by atoms with Crippen LogP contribution in [0.25, 0.3) is 0 Å². The molecule has 0 bridgehead atoms. The summed E-state index contributed by atoms with van der Waals surface area (Å²) < 4.78 is 0. The van der Waals surface area contributed by atoms with Gasteiger partial charge in [-0.1, -0.05) is 0 Å². The molecule has 15 heavy (non-hydrogen) atoms. The van der Waals surface area contributed by atoms with Gasteiger partial charge in [0, 0.05) is 37.4 Å². The normalized spacial score (nSPS) is 16.5. The van der Waals surface area contributed by atoms with Crippen molar-refractivity contribution < 1.29 is 4.79 Å². The quantitative estimate of drug-likeness (QED) is 0.735. The number of anilines is 1. The molecule has 3 nitrogen and oxygen atoms in total. The zero-order valence-electron chi connectivity index (χ0n) is 8.99. The van der Waals surface area contributed by atoms with Gasteiger partial charge in [-0.3, -0.25) is 4.79 Å². The summed E-state index contributed by atoms with van der Waals surface area (Å²) >= 11 is 0. The van der Waals surface area contributed by atoms with Crippen molar-refractivity contribution >= 4 is 12.0 Å². The molecule has 2 rings (SSSR count). The maximum atomic E-state index is 10.8. The lowest BCUT2D eigenvalue weighted by Gasteiger charge is -2.29. The molecule has 1 aliphatic heterocycles. The minimum Gasteiger partial charge on any atom is -0.369 e. The van der Waals surface area contributed by atoms with Gasteiger partial charge in [-0.05, 0) is 30.7 Å². The van der Waals surface area contributed by atoms with Crippen LogP contribution < -0.4 is 10.2 Å². The number of nitrogens with zero attached hydrogens (tertiary/aromatic N) is 1. The van der Waals surface area contributed by atoms with Gasteiger partial charge in [0.15, 0.2) is 0 Å². The molecule has 1 aromatic rings. The second-order valence-electron chi connectivity index (χ2n) is 3.96. The smallest absolute Gasteiger partial charge is 0.150 e. The Morgan fingerprint density at radius 3 is 2.67 bits per heavy atom. The third kappa shape index (κ3) is 2.36. The molecule has 1 N–H and O–H groups in total. The van der Waals surface area contributed by atoms with Gasteiger partial charge in [0.25, 0.3) is 0 Å². The number of carbonyl (C=O) groups is 1. The third-order valence-corrected chi connectivity index (χ3v) is 2.70. The first kappa shape index (κ1) is 10.2. The molecular weight excluding hydrogens is 188 g/mol. The standard InChI is InChI=1S/C12H16N2O/c1-10-6-11(9-15)8-12(7-10)14-4-2-13-3-5-14/h6-9,13H,2-5H2,1H3. The molecule has 1 saturated heterocycles. The highest BCUT2D eigenvalue weighted by atomic mass is 16.1. The monoisotopic (exact) mass is 204 g/mol. The Labute approximate surface area is 90.1 Å². The Balaban J connectivity index is 2.25. The van der Waals surface area contributed by atoms with Crippen LogP contribution in [0.1, 0.15) is 15.9 Å². The van der Waals surface area contributed by atoms with E-state index in [1.54, 1.807) is 0 Å². The second kappa shape index (κ2) is 4.45. The predicted molar refractivity (Wildman–Crippen MR) is 61.6 cm³/mol. The lowest BCUT2D eigenvalue weighted by Crippen LogP contribution is -2.43. The Bertz CT molecular complexity index is 357. The fourth-order valence-electron chi connectivity index (χ4n) is 1.97. The largest absolute Gasteiger partial charge is 0.369 e. The fourth-order valence-corrected chi connectivity index (χ4v) is 1.97. The van der Waals surface area contributed by atoms with Gasteiger partial charge in [0.1, 0.15) is 6.29 Å². The van der Waals surface area contributed by atoms with Gasteiger partial charge in [0.05, 0.1) is 0 Å². The van der Waals surface area contributed by atoms with Crippen LogP contribution in [0, 0.1) is 6.92 Å². The van der Waals surface area contributed by atoms with E-state index in [0.29, 0.717) is 0 Å². The Morgan fingerprint density at radius 2 is 2.00 bits per heavy atom. The maximum Gasteiger partial charge on any atom is 0.150 e. The van der Waals surface area contributed by atoms with Crippen LogP contribution in [-0.4, -0.2) is 32.5 Å². The molecular formula is C12H16N2O. The topological polar surface area (TPSA) is 32.3 Å². The van der Waals surface area contributed by atoms with Crippen molar-refractivity contribution in [1.82, 2.24) is 5.32 Å². The minimum absolute atomic E-state index is 0.767. The fraction of sp³-hybridized carbons (Fsp3) is 0.417. The number of benzene rings is 1. The molecule has 0 atom stereocenters. The average Bonchev–Trinajstić information content (AvgIpc) is 2.29. The summed E-state index contributed by atoms with van der Waals surface area (Å²) in [7, 11) is 0. The van der Waals surface area contributed by atoms with E-state index < -0.39 is 0 Å². The van der Waals surface area contributed by atoms with Crippen LogP contribution in [0.3, 0.4) is 0 Å². The highest BCUT2D eigenvalue weighted by Gasteiger charge is 2.10. The van der Waals surface area contributed by atoms with Gasteiger partial charge >= 0.3 is 0 Å². The molecule has 1 aromatic carbocycles. The highest BCUT2D eigenvalue weighted by molar-refractivity contribution is 5.77. The predicted octanol–water partition coefficient (Wildman–Crippen LogP) is 1.22. The van der Waals surface area contributed by atoms with Crippen molar-refractivity contribution in [2.24, 2.45) is 0 Å². The van der Waals surface area contributed by atoms with E-state index in [-0.39, 0.29) is 0 Å². The van der Waals surface area contributed by atoms with E-state index in [2.05, 4.69) is 16.3 Å². The number of piperazine rings is 1. The number of hydrogen-bond donors (Lipinski definition) is 1. The van der Waals surface area contributed by atoms with Gasteiger partial charge in [0.2, 0.25) is 0 Å². The van der Waals surface area contributed by atoms with Crippen molar-refractivity contribution in [2.75, 3.05) is 31.1 Å². The number of aldehydes is 1. The lowest BCUT2D eigenvalue weighted by molar-refractivity contribution is 0.112. The van der Waals surface area contributed by atoms with Crippen molar-refractivity contribution in [2.45, 2.75) is 6.92 Å². The summed E-state index contributed by atoms with van der Waals surface area (Å²) in [4.78, 5) is 13.1. The zero-order chi connectivity index (χ0) is 10.7. The van der Waals surface area contributed by atoms with Crippen LogP contribution >= 0.6 is 0 Å². The molecule has 1 heterocycles. The Kier molecular flexibility index (Phi) is 3.02. The number of rotatable bonds is 2. The molecule has 80 valence electrons. The molecule has 0 aliphatic carbocycles. The molecule has 0 saturated carbocycles. The van der Waals surface area contributed by atoms with Crippen molar-refractivity contribution in [1.29, 1.82) is 0 Å². The summed E-state index contributed by atoms with van der Waals surface area (Å²) in [6.45, 7) is 6.09. The van der Waals surface area contributed by atoms with Crippen LogP contribution in [-0.2, 0) is 0 Å². The molecule has 1 aliphatic rings. The third-order valence-electron chi connectivity index (χ3n) is 2.70. The molecule has 0 amide bonds. The Hall–Kier alpha value is -1.35. The average molecular weight is 204 g/mol. The molecule has 0 radical (unpaired) electrons.